The van der Waals surface area contributed by atoms with Gasteiger partial charge in [-0.1, -0.05) is 28.1 Å². The highest BCUT2D eigenvalue weighted by Gasteiger charge is 2.03. The standard InChI is InChI=1S/C14H13BrN4/c15-13-4-1-3-12-11(13)5-7-16-14(12)17-8-10-19-9-2-6-18-19/h1-7,9H,8,10H2,(H,16,17). The molecule has 0 aliphatic rings. The molecule has 5 heteroatoms. The monoisotopic (exact) mass is 316 g/mol. The van der Waals surface area contributed by atoms with E-state index >= 15 is 0 Å². The molecule has 4 nitrogen and oxygen atoms in total. The molecular weight excluding hydrogens is 304 g/mol. The number of nitrogens with zero attached hydrogens (tertiary/aromatic N) is 3. The lowest BCUT2D eigenvalue weighted by Gasteiger charge is -2.09. The Bertz CT molecular complexity index is 679. The number of anilines is 1. The molecule has 0 saturated carbocycles. The second kappa shape index (κ2) is 5.40. The Balaban J connectivity index is 1.79. The number of fused-ring (bicyclic) bond motifs is 1. The highest BCUT2D eigenvalue weighted by molar-refractivity contribution is 9.10. The topological polar surface area (TPSA) is 42.7 Å². The summed E-state index contributed by atoms with van der Waals surface area (Å²) in [6.07, 6.45) is 5.56. The SMILES string of the molecule is Brc1cccc2c(NCCn3cccn3)nccc12. The van der Waals surface area contributed by atoms with Crippen molar-refractivity contribution in [3.63, 3.8) is 0 Å². The molecule has 1 N–H and O–H groups in total. The molecule has 19 heavy (non-hydrogen) atoms. The molecule has 0 bridgehead atoms. The molecule has 0 atom stereocenters. The van der Waals surface area contributed by atoms with E-state index in [1.165, 1.54) is 5.39 Å². The number of halogens is 1. The average molecular weight is 317 g/mol. The van der Waals surface area contributed by atoms with Gasteiger partial charge in [0.2, 0.25) is 0 Å². The predicted molar refractivity (Wildman–Crippen MR) is 80.2 cm³/mol. The van der Waals surface area contributed by atoms with Crippen LogP contribution in [0.3, 0.4) is 0 Å². The van der Waals surface area contributed by atoms with Gasteiger partial charge in [0.05, 0.1) is 6.54 Å². The number of rotatable bonds is 4. The van der Waals surface area contributed by atoms with Crippen LogP contribution in [0, 0.1) is 0 Å². The normalized spacial score (nSPS) is 10.8. The minimum Gasteiger partial charge on any atom is -0.368 e. The van der Waals surface area contributed by atoms with Gasteiger partial charge in [-0.25, -0.2) is 4.98 Å². The maximum atomic E-state index is 4.41. The fourth-order valence-electron chi connectivity index (χ4n) is 2.03. The van der Waals surface area contributed by atoms with Crippen LogP contribution in [0.25, 0.3) is 10.8 Å². The van der Waals surface area contributed by atoms with E-state index in [0.29, 0.717) is 0 Å². The van der Waals surface area contributed by atoms with Gasteiger partial charge in [-0.05, 0) is 18.2 Å². The summed E-state index contributed by atoms with van der Waals surface area (Å²) < 4.78 is 2.98. The second-order valence-electron chi connectivity index (χ2n) is 4.19. The van der Waals surface area contributed by atoms with Crippen molar-refractivity contribution < 1.29 is 0 Å². The van der Waals surface area contributed by atoms with E-state index in [-0.39, 0.29) is 0 Å². The molecule has 0 radical (unpaired) electrons. The Morgan fingerprint density at radius 3 is 2.89 bits per heavy atom. The molecule has 2 aromatic heterocycles. The van der Waals surface area contributed by atoms with Gasteiger partial charge in [0.1, 0.15) is 5.82 Å². The zero-order valence-corrected chi connectivity index (χ0v) is 11.8. The van der Waals surface area contributed by atoms with Gasteiger partial charge in [0.25, 0.3) is 0 Å². The number of pyridine rings is 1. The van der Waals surface area contributed by atoms with E-state index < -0.39 is 0 Å². The van der Waals surface area contributed by atoms with Crippen molar-refractivity contribution in [2.45, 2.75) is 6.54 Å². The molecule has 0 fully saturated rings. The average Bonchev–Trinajstić information content (AvgIpc) is 2.93. The fourth-order valence-corrected chi connectivity index (χ4v) is 2.53. The quantitative estimate of drug-likeness (QED) is 0.803. The Hall–Kier alpha value is -1.88. The number of hydrogen-bond acceptors (Lipinski definition) is 3. The van der Waals surface area contributed by atoms with Crippen molar-refractivity contribution in [2.75, 3.05) is 11.9 Å². The molecule has 3 aromatic rings. The van der Waals surface area contributed by atoms with E-state index in [0.717, 1.165) is 28.8 Å². The molecule has 0 aliphatic heterocycles. The molecule has 0 aliphatic carbocycles. The van der Waals surface area contributed by atoms with Crippen LogP contribution >= 0.6 is 15.9 Å². The molecule has 0 unspecified atom stereocenters. The molecule has 96 valence electrons. The first-order valence-electron chi connectivity index (χ1n) is 6.09. The Labute approximate surface area is 119 Å². The van der Waals surface area contributed by atoms with Crippen LogP contribution in [0.2, 0.25) is 0 Å². The molecule has 3 rings (SSSR count). The van der Waals surface area contributed by atoms with Crippen molar-refractivity contribution in [2.24, 2.45) is 0 Å². The fraction of sp³-hybridized carbons (Fsp3) is 0.143. The molecule has 2 heterocycles. The van der Waals surface area contributed by atoms with Gasteiger partial charge in [-0.3, -0.25) is 4.68 Å². The lowest BCUT2D eigenvalue weighted by molar-refractivity contribution is 0.637. The van der Waals surface area contributed by atoms with Gasteiger partial charge in [0, 0.05) is 40.4 Å². The van der Waals surface area contributed by atoms with Crippen molar-refractivity contribution in [3.05, 3.63) is 53.4 Å². The van der Waals surface area contributed by atoms with E-state index in [1.807, 2.05) is 41.3 Å². The minimum atomic E-state index is 0.792. The third-order valence-corrected chi connectivity index (χ3v) is 3.64. The molecule has 0 amide bonds. The van der Waals surface area contributed by atoms with Crippen molar-refractivity contribution >= 4 is 32.5 Å². The van der Waals surface area contributed by atoms with Crippen molar-refractivity contribution in [1.82, 2.24) is 14.8 Å². The summed E-state index contributed by atoms with van der Waals surface area (Å²) in [6.45, 7) is 1.61. The van der Waals surface area contributed by atoms with Crippen LogP contribution in [-0.2, 0) is 6.54 Å². The van der Waals surface area contributed by atoms with Gasteiger partial charge < -0.3 is 5.32 Å². The van der Waals surface area contributed by atoms with Crippen LogP contribution < -0.4 is 5.32 Å². The third-order valence-electron chi connectivity index (χ3n) is 2.95. The highest BCUT2D eigenvalue weighted by Crippen LogP contribution is 2.27. The Kier molecular flexibility index (Phi) is 3.46. The summed E-state index contributed by atoms with van der Waals surface area (Å²) in [7, 11) is 0. The summed E-state index contributed by atoms with van der Waals surface area (Å²) in [5.41, 5.74) is 0. The van der Waals surface area contributed by atoms with Crippen LogP contribution in [0.5, 0.6) is 0 Å². The Morgan fingerprint density at radius 1 is 1.11 bits per heavy atom. The van der Waals surface area contributed by atoms with Gasteiger partial charge in [-0.15, -0.1) is 0 Å². The van der Waals surface area contributed by atoms with Crippen LogP contribution in [0.15, 0.2) is 53.4 Å². The molecule has 0 saturated heterocycles. The maximum absolute atomic E-state index is 4.41. The van der Waals surface area contributed by atoms with Gasteiger partial charge >= 0.3 is 0 Å². The van der Waals surface area contributed by atoms with Crippen LogP contribution in [-0.4, -0.2) is 21.3 Å². The zero-order chi connectivity index (χ0) is 13.1. The first-order valence-corrected chi connectivity index (χ1v) is 6.88. The largest absolute Gasteiger partial charge is 0.368 e. The first-order chi connectivity index (χ1) is 9.34. The lowest BCUT2D eigenvalue weighted by atomic mass is 10.1. The van der Waals surface area contributed by atoms with Crippen molar-refractivity contribution in [1.29, 1.82) is 0 Å². The molecular formula is C14H13BrN4. The molecule has 0 spiro atoms. The van der Waals surface area contributed by atoms with Gasteiger partial charge in [-0.2, -0.15) is 5.10 Å². The maximum Gasteiger partial charge on any atom is 0.133 e. The van der Waals surface area contributed by atoms with E-state index in [1.54, 1.807) is 6.20 Å². The summed E-state index contributed by atoms with van der Waals surface area (Å²) in [5.74, 6) is 0.908. The smallest absolute Gasteiger partial charge is 0.133 e. The zero-order valence-electron chi connectivity index (χ0n) is 10.3. The Morgan fingerprint density at radius 2 is 2.05 bits per heavy atom. The van der Waals surface area contributed by atoms with E-state index in [4.69, 9.17) is 0 Å². The van der Waals surface area contributed by atoms with Crippen LogP contribution in [0.1, 0.15) is 0 Å². The summed E-state index contributed by atoms with van der Waals surface area (Å²) in [5, 5.41) is 9.82. The minimum absolute atomic E-state index is 0.792. The number of aromatic nitrogens is 3. The number of hydrogen-bond donors (Lipinski definition) is 1. The highest BCUT2D eigenvalue weighted by atomic mass is 79.9. The van der Waals surface area contributed by atoms with Gasteiger partial charge in [0.15, 0.2) is 0 Å². The molecule has 1 aromatic carbocycles. The first kappa shape index (κ1) is 12.2. The summed E-state index contributed by atoms with van der Waals surface area (Å²) in [6, 6.07) is 10.1. The van der Waals surface area contributed by atoms with Crippen LogP contribution in [0.4, 0.5) is 5.82 Å². The number of benzene rings is 1. The second-order valence-corrected chi connectivity index (χ2v) is 5.04. The predicted octanol–water partition coefficient (Wildman–Crippen LogP) is 3.31. The lowest BCUT2D eigenvalue weighted by Crippen LogP contribution is -2.11. The number of nitrogens with one attached hydrogen (secondary N) is 1. The van der Waals surface area contributed by atoms with E-state index in [9.17, 15) is 0 Å². The summed E-state index contributed by atoms with van der Waals surface area (Å²) >= 11 is 3.56. The summed E-state index contributed by atoms with van der Waals surface area (Å²) in [4.78, 5) is 4.41. The van der Waals surface area contributed by atoms with E-state index in [2.05, 4.69) is 37.4 Å². The third kappa shape index (κ3) is 2.61. The van der Waals surface area contributed by atoms with Crippen molar-refractivity contribution in [3.8, 4) is 0 Å².